The number of nitrogens with one attached hydrogen (secondary N) is 2. The van der Waals surface area contributed by atoms with Crippen LogP contribution >= 0.6 is 23.1 Å². The van der Waals surface area contributed by atoms with Gasteiger partial charge in [-0.1, -0.05) is 0 Å². The minimum Gasteiger partial charge on any atom is -0.345 e. The van der Waals surface area contributed by atoms with Gasteiger partial charge in [0.15, 0.2) is 0 Å². The lowest BCUT2D eigenvalue weighted by molar-refractivity contribution is -0.123. The molecule has 1 saturated heterocycles. The molecular weight excluding hydrogens is 266 g/mol. The maximum atomic E-state index is 12.0. The van der Waals surface area contributed by atoms with Gasteiger partial charge in [0.05, 0.1) is 5.54 Å². The van der Waals surface area contributed by atoms with Crippen LogP contribution in [0.25, 0.3) is 0 Å². The Morgan fingerprint density at radius 3 is 3.11 bits per heavy atom. The number of nitrogens with zero attached hydrogens (tertiary/aromatic N) is 1. The van der Waals surface area contributed by atoms with Gasteiger partial charge in [0.1, 0.15) is 5.01 Å². The maximum Gasteiger partial charge on any atom is 0.222 e. The summed E-state index contributed by atoms with van der Waals surface area (Å²) in [7, 11) is 0. The molecule has 6 heteroatoms. The van der Waals surface area contributed by atoms with Crippen LogP contribution < -0.4 is 10.6 Å². The fourth-order valence-electron chi connectivity index (χ4n) is 1.96. The summed E-state index contributed by atoms with van der Waals surface area (Å²) < 4.78 is 0. The normalized spacial score (nSPS) is 20.7. The highest BCUT2D eigenvalue weighted by Gasteiger charge is 2.26. The SMILES string of the molecule is CC(C)(NC(=O)CC1CSCCN1)c1nccs1. The van der Waals surface area contributed by atoms with Crippen LogP contribution in [0.15, 0.2) is 11.6 Å². The molecule has 1 aromatic rings. The summed E-state index contributed by atoms with van der Waals surface area (Å²) in [5.41, 5.74) is -0.382. The first-order chi connectivity index (χ1) is 8.58. The third-order valence-corrected chi connectivity index (χ3v) is 5.08. The summed E-state index contributed by atoms with van der Waals surface area (Å²) in [6.07, 6.45) is 2.31. The fraction of sp³-hybridized carbons (Fsp3) is 0.667. The number of carbonyl (C=O) groups is 1. The van der Waals surface area contributed by atoms with E-state index in [1.165, 1.54) is 0 Å². The first-order valence-electron chi connectivity index (χ1n) is 6.10. The molecule has 0 spiro atoms. The van der Waals surface area contributed by atoms with Gasteiger partial charge in [0, 0.05) is 42.1 Å². The molecule has 2 N–H and O–H groups in total. The Kier molecular flexibility index (Phi) is 4.64. The number of rotatable bonds is 4. The van der Waals surface area contributed by atoms with E-state index in [0.29, 0.717) is 12.5 Å². The van der Waals surface area contributed by atoms with Gasteiger partial charge in [-0.2, -0.15) is 11.8 Å². The summed E-state index contributed by atoms with van der Waals surface area (Å²) in [6, 6.07) is 0.302. The molecule has 1 atom stereocenters. The van der Waals surface area contributed by atoms with Crippen molar-refractivity contribution >= 4 is 29.0 Å². The van der Waals surface area contributed by atoms with Crippen LogP contribution in [0.5, 0.6) is 0 Å². The highest BCUT2D eigenvalue weighted by atomic mass is 32.2. The Bertz CT molecular complexity index is 386. The van der Waals surface area contributed by atoms with E-state index in [-0.39, 0.29) is 11.4 Å². The van der Waals surface area contributed by atoms with Crippen LogP contribution in [-0.2, 0) is 10.3 Å². The van der Waals surface area contributed by atoms with E-state index < -0.39 is 0 Å². The second kappa shape index (κ2) is 6.04. The molecule has 1 unspecified atom stereocenters. The number of hydrogen-bond donors (Lipinski definition) is 2. The van der Waals surface area contributed by atoms with E-state index in [1.54, 1.807) is 17.5 Å². The number of thiazole rings is 1. The van der Waals surface area contributed by atoms with Crippen LogP contribution in [0, 0.1) is 0 Å². The van der Waals surface area contributed by atoms with Gasteiger partial charge in [-0.3, -0.25) is 4.79 Å². The Morgan fingerprint density at radius 2 is 2.50 bits per heavy atom. The van der Waals surface area contributed by atoms with Gasteiger partial charge in [0.2, 0.25) is 5.91 Å². The van der Waals surface area contributed by atoms with Crippen LogP contribution in [0.4, 0.5) is 0 Å². The van der Waals surface area contributed by atoms with Crippen LogP contribution in [-0.4, -0.2) is 35.0 Å². The van der Waals surface area contributed by atoms with Crippen molar-refractivity contribution in [3.05, 3.63) is 16.6 Å². The van der Waals surface area contributed by atoms with E-state index in [1.807, 2.05) is 31.0 Å². The molecule has 2 heterocycles. The minimum atomic E-state index is -0.382. The number of thioether (sulfide) groups is 1. The van der Waals surface area contributed by atoms with Crippen molar-refractivity contribution in [1.29, 1.82) is 0 Å². The molecule has 4 nitrogen and oxygen atoms in total. The summed E-state index contributed by atoms with van der Waals surface area (Å²) in [6.45, 7) is 4.98. The second-order valence-corrected chi connectivity index (χ2v) is 6.98. The molecule has 1 fully saturated rings. The zero-order valence-electron chi connectivity index (χ0n) is 10.7. The topological polar surface area (TPSA) is 54.0 Å². The molecule has 0 aromatic carbocycles. The Morgan fingerprint density at radius 1 is 1.67 bits per heavy atom. The van der Waals surface area contributed by atoms with Crippen LogP contribution in [0.3, 0.4) is 0 Å². The number of carbonyl (C=O) groups excluding carboxylic acids is 1. The summed E-state index contributed by atoms with van der Waals surface area (Å²) in [4.78, 5) is 16.3. The molecule has 1 aromatic heterocycles. The number of aromatic nitrogens is 1. The Hall–Kier alpha value is -0.590. The van der Waals surface area contributed by atoms with Gasteiger partial charge in [-0.05, 0) is 13.8 Å². The largest absolute Gasteiger partial charge is 0.345 e. The van der Waals surface area contributed by atoms with Gasteiger partial charge in [0.25, 0.3) is 0 Å². The van der Waals surface area contributed by atoms with Crippen LogP contribution in [0.2, 0.25) is 0 Å². The van der Waals surface area contributed by atoms with Gasteiger partial charge in [-0.15, -0.1) is 11.3 Å². The first-order valence-corrected chi connectivity index (χ1v) is 8.13. The quantitative estimate of drug-likeness (QED) is 0.882. The molecule has 18 heavy (non-hydrogen) atoms. The van der Waals surface area contributed by atoms with E-state index in [9.17, 15) is 4.79 Å². The molecular formula is C12H19N3OS2. The molecule has 100 valence electrons. The van der Waals surface area contributed by atoms with Crippen LogP contribution in [0.1, 0.15) is 25.3 Å². The minimum absolute atomic E-state index is 0.0928. The third-order valence-electron chi connectivity index (χ3n) is 2.85. The van der Waals surface area contributed by atoms with Crippen molar-refractivity contribution in [2.75, 3.05) is 18.1 Å². The highest BCUT2D eigenvalue weighted by Crippen LogP contribution is 2.22. The van der Waals surface area contributed by atoms with Gasteiger partial charge < -0.3 is 10.6 Å². The average Bonchev–Trinajstić information content (AvgIpc) is 2.83. The van der Waals surface area contributed by atoms with Crippen molar-refractivity contribution in [3.8, 4) is 0 Å². The smallest absolute Gasteiger partial charge is 0.222 e. The lowest BCUT2D eigenvalue weighted by atomic mass is 10.1. The zero-order chi connectivity index (χ0) is 13.0. The van der Waals surface area contributed by atoms with Crippen molar-refractivity contribution in [3.63, 3.8) is 0 Å². The lowest BCUT2D eigenvalue weighted by Gasteiger charge is -2.27. The van der Waals surface area contributed by atoms with Crippen molar-refractivity contribution in [1.82, 2.24) is 15.6 Å². The molecule has 2 rings (SSSR count). The number of hydrogen-bond acceptors (Lipinski definition) is 5. The molecule has 1 aliphatic rings. The van der Waals surface area contributed by atoms with Gasteiger partial charge in [-0.25, -0.2) is 4.98 Å². The average molecular weight is 285 g/mol. The maximum absolute atomic E-state index is 12.0. The molecule has 1 aliphatic heterocycles. The second-order valence-electron chi connectivity index (χ2n) is 4.94. The van der Waals surface area contributed by atoms with Crippen molar-refractivity contribution in [2.45, 2.75) is 31.8 Å². The summed E-state index contributed by atoms with van der Waals surface area (Å²) in [5.74, 6) is 2.25. The van der Waals surface area contributed by atoms with E-state index in [0.717, 1.165) is 23.1 Å². The molecule has 0 saturated carbocycles. The van der Waals surface area contributed by atoms with Crippen molar-refractivity contribution in [2.24, 2.45) is 0 Å². The Labute approximate surface area is 116 Å². The first kappa shape index (κ1) is 13.8. The molecule has 1 amide bonds. The molecule has 0 bridgehead atoms. The zero-order valence-corrected chi connectivity index (χ0v) is 12.4. The lowest BCUT2D eigenvalue weighted by Crippen LogP contribution is -2.46. The van der Waals surface area contributed by atoms with E-state index in [2.05, 4.69) is 15.6 Å². The Balaban J connectivity index is 1.86. The van der Waals surface area contributed by atoms with Crippen molar-refractivity contribution < 1.29 is 4.79 Å². The monoisotopic (exact) mass is 285 g/mol. The van der Waals surface area contributed by atoms with E-state index in [4.69, 9.17) is 0 Å². The summed E-state index contributed by atoms with van der Waals surface area (Å²) in [5, 5.41) is 9.32. The predicted molar refractivity (Wildman–Crippen MR) is 77.0 cm³/mol. The highest BCUT2D eigenvalue weighted by molar-refractivity contribution is 7.99. The molecule has 0 aliphatic carbocycles. The summed E-state index contributed by atoms with van der Waals surface area (Å²) >= 11 is 3.48. The predicted octanol–water partition coefficient (Wildman–Crippen LogP) is 1.59. The van der Waals surface area contributed by atoms with Gasteiger partial charge >= 0.3 is 0 Å². The number of amides is 1. The third kappa shape index (κ3) is 3.70. The van der Waals surface area contributed by atoms with E-state index >= 15 is 0 Å². The fourth-order valence-corrected chi connectivity index (χ4v) is 3.63. The standard InChI is InChI=1S/C12H19N3OS2/c1-12(2,11-14-4-6-18-11)15-10(16)7-9-8-17-5-3-13-9/h4,6,9,13H,3,5,7-8H2,1-2H3,(H,15,16). The molecule has 0 radical (unpaired) electrons.